The molecule has 1 aromatic rings. The highest BCUT2D eigenvalue weighted by molar-refractivity contribution is 9.10. The smallest absolute Gasteiger partial charge is 0.309 e. The molecule has 0 amide bonds. The molecular formula is C13H17BrF3NS. The third-order valence-electron chi connectivity index (χ3n) is 2.71. The van der Waals surface area contributed by atoms with Gasteiger partial charge < -0.3 is 5.32 Å². The van der Waals surface area contributed by atoms with Gasteiger partial charge in [0.2, 0.25) is 0 Å². The summed E-state index contributed by atoms with van der Waals surface area (Å²) in [5.74, 6) is 0.197. The summed E-state index contributed by atoms with van der Waals surface area (Å²) in [6, 6.07) is 7.59. The molecule has 0 saturated heterocycles. The lowest BCUT2D eigenvalue weighted by atomic mass is 10.1. The van der Waals surface area contributed by atoms with Crippen LogP contribution in [-0.4, -0.2) is 17.3 Å². The minimum absolute atomic E-state index is 0.0376. The van der Waals surface area contributed by atoms with Crippen molar-refractivity contribution in [1.29, 1.82) is 0 Å². The SMILES string of the molecule is CC(C)C(CSC(F)(F)F)NCc1ccc(Br)cc1. The average molecular weight is 356 g/mol. The van der Waals surface area contributed by atoms with Crippen molar-refractivity contribution in [1.82, 2.24) is 5.32 Å². The van der Waals surface area contributed by atoms with E-state index in [2.05, 4.69) is 21.2 Å². The van der Waals surface area contributed by atoms with Crippen molar-refractivity contribution >= 4 is 27.7 Å². The number of benzene rings is 1. The fraction of sp³-hybridized carbons (Fsp3) is 0.538. The molecule has 0 saturated carbocycles. The fourth-order valence-electron chi connectivity index (χ4n) is 1.52. The fourth-order valence-corrected chi connectivity index (χ4v) is 2.66. The first kappa shape index (κ1) is 16.9. The van der Waals surface area contributed by atoms with Crippen molar-refractivity contribution in [2.75, 3.05) is 5.75 Å². The molecular weight excluding hydrogens is 339 g/mol. The van der Waals surface area contributed by atoms with Gasteiger partial charge in [-0.05, 0) is 35.4 Å². The summed E-state index contributed by atoms with van der Waals surface area (Å²) in [4.78, 5) is 0. The molecule has 0 radical (unpaired) electrons. The van der Waals surface area contributed by atoms with Gasteiger partial charge in [-0.2, -0.15) is 13.2 Å². The second-order valence-corrected chi connectivity index (χ2v) is 6.62. The lowest BCUT2D eigenvalue weighted by Gasteiger charge is -2.22. The molecule has 0 aromatic heterocycles. The van der Waals surface area contributed by atoms with Gasteiger partial charge in [-0.25, -0.2) is 0 Å². The van der Waals surface area contributed by atoms with Gasteiger partial charge in [-0.1, -0.05) is 41.9 Å². The predicted molar refractivity (Wildman–Crippen MR) is 78.1 cm³/mol. The summed E-state index contributed by atoms with van der Waals surface area (Å²) in [6.07, 6.45) is 0. The molecule has 1 rings (SSSR count). The molecule has 0 bridgehead atoms. The largest absolute Gasteiger partial charge is 0.441 e. The first-order valence-electron chi connectivity index (χ1n) is 5.96. The zero-order valence-electron chi connectivity index (χ0n) is 10.8. The number of hydrogen-bond donors (Lipinski definition) is 1. The van der Waals surface area contributed by atoms with E-state index < -0.39 is 5.51 Å². The Morgan fingerprint density at radius 2 is 1.79 bits per heavy atom. The van der Waals surface area contributed by atoms with Crippen molar-refractivity contribution < 1.29 is 13.2 Å². The van der Waals surface area contributed by atoms with Crippen molar-refractivity contribution in [2.45, 2.75) is 31.9 Å². The molecule has 0 aliphatic carbocycles. The minimum Gasteiger partial charge on any atom is -0.309 e. The van der Waals surface area contributed by atoms with E-state index in [9.17, 15) is 13.2 Å². The first-order chi connectivity index (χ1) is 8.78. The highest BCUT2D eigenvalue weighted by atomic mass is 79.9. The average Bonchev–Trinajstić information content (AvgIpc) is 2.29. The van der Waals surface area contributed by atoms with Gasteiger partial charge in [0.05, 0.1) is 0 Å². The van der Waals surface area contributed by atoms with Gasteiger partial charge in [-0.15, -0.1) is 0 Å². The second-order valence-electron chi connectivity index (χ2n) is 4.61. The standard InChI is InChI=1S/C13H17BrF3NS/c1-9(2)12(8-19-13(15,16)17)18-7-10-3-5-11(14)6-4-10/h3-6,9,12,18H,7-8H2,1-2H3. The predicted octanol–water partition coefficient (Wildman–Crippen LogP) is 4.82. The molecule has 0 aliphatic heterocycles. The summed E-state index contributed by atoms with van der Waals surface area (Å²) in [5.41, 5.74) is -3.10. The van der Waals surface area contributed by atoms with Crippen LogP contribution in [0.5, 0.6) is 0 Å². The van der Waals surface area contributed by atoms with Crippen molar-refractivity contribution in [3.8, 4) is 0 Å². The van der Waals surface area contributed by atoms with Gasteiger partial charge in [-0.3, -0.25) is 0 Å². The topological polar surface area (TPSA) is 12.0 Å². The Labute approximate surface area is 124 Å². The van der Waals surface area contributed by atoms with Gasteiger partial charge in [0.25, 0.3) is 0 Å². The number of rotatable bonds is 6. The van der Waals surface area contributed by atoms with E-state index in [1.807, 2.05) is 38.1 Å². The number of halogens is 4. The van der Waals surface area contributed by atoms with Crippen molar-refractivity contribution in [3.05, 3.63) is 34.3 Å². The first-order valence-corrected chi connectivity index (χ1v) is 7.74. The highest BCUT2D eigenvalue weighted by Gasteiger charge is 2.30. The molecule has 0 fully saturated rings. The van der Waals surface area contributed by atoms with Crippen LogP contribution in [0.4, 0.5) is 13.2 Å². The third-order valence-corrected chi connectivity index (χ3v) is 4.09. The summed E-state index contributed by atoms with van der Waals surface area (Å²) in [6.45, 7) is 4.43. The van der Waals surface area contributed by atoms with E-state index in [-0.39, 0.29) is 29.5 Å². The third kappa shape index (κ3) is 7.22. The Balaban J connectivity index is 2.47. The van der Waals surface area contributed by atoms with Crippen molar-refractivity contribution in [3.63, 3.8) is 0 Å². The second kappa shape index (κ2) is 7.55. The van der Waals surface area contributed by atoms with E-state index in [4.69, 9.17) is 0 Å². The van der Waals surface area contributed by atoms with E-state index >= 15 is 0 Å². The zero-order valence-corrected chi connectivity index (χ0v) is 13.2. The van der Waals surface area contributed by atoms with Crippen LogP contribution in [-0.2, 0) is 6.54 Å². The van der Waals surface area contributed by atoms with E-state index in [1.165, 1.54) is 0 Å². The van der Waals surface area contributed by atoms with Crippen LogP contribution in [0.25, 0.3) is 0 Å². The Kier molecular flexibility index (Phi) is 6.69. The molecule has 1 atom stereocenters. The van der Waals surface area contributed by atoms with Crippen LogP contribution in [0.1, 0.15) is 19.4 Å². The lowest BCUT2D eigenvalue weighted by Crippen LogP contribution is -2.36. The molecule has 1 unspecified atom stereocenters. The highest BCUT2D eigenvalue weighted by Crippen LogP contribution is 2.31. The molecule has 1 N–H and O–H groups in total. The monoisotopic (exact) mass is 355 g/mol. The Morgan fingerprint density at radius 3 is 2.26 bits per heavy atom. The summed E-state index contributed by atoms with van der Waals surface area (Å²) in [5, 5.41) is 3.19. The van der Waals surface area contributed by atoms with Gasteiger partial charge >= 0.3 is 5.51 Å². The molecule has 1 nitrogen and oxygen atoms in total. The molecule has 108 valence electrons. The number of nitrogens with one attached hydrogen (secondary N) is 1. The van der Waals surface area contributed by atoms with Crippen LogP contribution in [0.15, 0.2) is 28.7 Å². The van der Waals surface area contributed by atoms with Gasteiger partial charge in [0.1, 0.15) is 0 Å². The Hall–Kier alpha value is -0.200. The quantitative estimate of drug-likeness (QED) is 0.785. The van der Waals surface area contributed by atoms with Crippen LogP contribution in [0.2, 0.25) is 0 Å². The van der Waals surface area contributed by atoms with Gasteiger partial charge in [0, 0.05) is 22.8 Å². The summed E-state index contributed by atoms with van der Waals surface area (Å²) in [7, 11) is 0. The molecule has 1 aromatic carbocycles. The summed E-state index contributed by atoms with van der Waals surface area (Å²) < 4.78 is 37.6. The van der Waals surface area contributed by atoms with Crippen molar-refractivity contribution in [2.24, 2.45) is 5.92 Å². The normalized spacial score (nSPS) is 13.8. The molecule has 0 spiro atoms. The van der Waals surface area contributed by atoms with Crippen LogP contribution >= 0.6 is 27.7 Å². The number of thioether (sulfide) groups is 1. The van der Waals surface area contributed by atoms with Crippen LogP contribution in [0, 0.1) is 5.92 Å². The maximum absolute atomic E-state index is 12.2. The number of hydrogen-bond acceptors (Lipinski definition) is 2. The zero-order chi connectivity index (χ0) is 14.5. The molecule has 0 aliphatic rings. The molecule has 6 heteroatoms. The van der Waals surface area contributed by atoms with E-state index in [0.717, 1.165) is 10.0 Å². The minimum atomic E-state index is -4.16. The maximum atomic E-state index is 12.2. The van der Waals surface area contributed by atoms with E-state index in [0.29, 0.717) is 6.54 Å². The van der Waals surface area contributed by atoms with Crippen LogP contribution < -0.4 is 5.32 Å². The van der Waals surface area contributed by atoms with Gasteiger partial charge in [0.15, 0.2) is 0 Å². The lowest BCUT2D eigenvalue weighted by molar-refractivity contribution is -0.0329. The Bertz CT molecular complexity index is 378. The molecule has 0 heterocycles. The van der Waals surface area contributed by atoms with E-state index in [1.54, 1.807) is 0 Å². The van der Waals surface area contributed by atoms with Crippen LogP contribution in [0.3, 0.4) is 0 Å². The number of alkyl halides is 3. The Morgan fingerprint density at radius 1 is 1.21 bits per heavy atom. The molecule has 19 heavy (non-hydrogen) atoms. The summed E-state index contributed by atoms with van der Waals surface area (Å²) >= 11 is 3.38. The maximum Gasteiger partial charge on any atom is 0.441 e.